The molecule has 1 saturated heterocycles. The van der Waals surface area contributed by atoms with E-state index in [1.807, 2.05) is 30.2 Å². The molecule has 0 N–H and O–H groups in total. The number of halogens is 1. The number of carbonyl (C=O) groups excluding carboxylic acids is 1. The lowest BCUT2D eigenvalue weighted by molar-refractivity contribution is -0.131. The Labute approximate surface area is 176 Å². The van der Waals surface area contributed by atoms with Crippen LogP contribution in [-0.2, 0) is 17.8 Å². The monoisotopic (exact) mass is 447 g/mol. The van der Waals surface area contributed by atoms with Gasteiger partial charge in [-0.3, -0.25) is 9.48 Å². The first-order chi connectivity index (χ1) is 13.3. The smallest absolute Gasteiger partial charge is 0.223 e. The molecule has 1 fully saturated rings. The summed E-state index contributed by atoms with van der Waals surface area (Å²) in [4.78, 5) is 21.4. The van der Waals surface area contributed by atoms with Crippen molar-refractivity contribution in [3.63, 3.8) is 0 Å². The van der Waals surface area contributed by atoms with E-state index >= 15 is 0 Å². The highest BCUT2D eigenvalue weighted by atomic mass is 79.9. The predicted octanol–water partition coefficient (Wildman–Crippen LogP) is 3.59. The Kier molecular flexibility index (Phi) is 6.75. The second-order valence-corrected chi connectivity index (χ2v) is 8.84. The maximum absolute atomic E-state index is 12.7. The number of aryl methyl sites for hydroxylation is 1. The fourth-order valence-electron chi connectivity index (χ4n) is 3.75. The van der Waals surface area contributed by atoms with E-state index in [1.165, 1.54) is 11.3 Å². The van der Waals surface area contributed by atoms with E-state index < -0.39 is 0 Å². The van der Waals surface area contributed by atoms with E-state index in [0.29, 0.717) is 12.3 Å². The number of amides is 1. The van der Waals surface area contributed by atoms with Gasteiger partial charge in [0, 0.05) is 55.5 Å². The third-order valence-electron chi connectivity index (χ3n) is 5.33. The Morgan fingerprint density at radius 1 is 1.18 bits per heavy atom. The molecule has 3 heterocycles. The molecule has 7 heteroatoms. The number of nitrogens with zero attached hydrogens (tertiary/aromatic N) is 5. The summed E-state index contributed by atoms with van der Waals surface area (Å²) in [6.07, 6.45) is 3.13. The maximum Gasteiger partial charge on any atom is 0.223 e. The summed E-state index contributed by atoms with van der Waals surface area (Å²) >= 11 is 3.42. The summed E-state index contributed by atoms with van der Waals surface area (Å²) in [5.41, 5.74) is 3.48. The first-order valence-corrected chi connectivity index (χ1v) is 10.8. The Balaban J connectivity index is 1.52. The van der Waals surface area contributed by atoms with Crippen molar-refractivity contribution in [1.82, 2.24) is 19.7 Å². The van der Waals surface area contributed by atoms with Crippen molar-refractivity contribution in [2.75, 3.05) is 31.1 Å². The van der Waals surface area contributed by atoms with E-state index in [1.54, 1.807) is 0 Å². The highest BCUT2D eigenvalue weighted by Gasteiger charge is 2.22. The fraction of sp³-hybridized carbons (Fsp3) is 0.571. The van der Waals surface area contributed by atoms with Crippen LogP contribution in [0.15, 0.2) is 22.8 Å². The Hall–Kier alpha value is -1.89. The van der Waals surface area contributed by atoms with Crippen LogP contribution in [0.1, 0.15) is 37.2 Å². The number of carbonyl (C=O) groups is 1. The topological polar surface area (TPSA) is 54.3 Å². The van der Waals surface area contributed by atoms with Crippen molar-refractivity contribution in [1.29, 1.82) is 0 Å². The molecule has 1 aliphatic heterocycles. The minimum atomic E-state index is 0.235. The molecule has 3 rings (SSSR count). The van der Waals surface area contributed by atoms with Crippen molar-refractivity contribution in [3.05, 3.63) is 39.8 Å². The summed E-state index contributed by atoms with van der Waals surface area (Å²) in [6, 6.07) is 4.02. The molecule has 0 bridgehead atoms. The van der Waals surface area contributed by atoms with E-state index in [2.05, 4.69) is 56.4 Å². The fourth-order valence-corrected chi connectivity index (χ4v) is 3.98. The van der Waals surface area contributed by atoms with Gasteiger partial charge in [0.15, 0.2) is 0 Å². The van der Waals surface area contributed by atoms with Gasteiger partial charge < -0.3 is 9.80 Å². The van der Waals surface area contributed by atoms with Crippen molar-refractivity contribution in [2.24, 2.45) is 5.92 Å². The van der Waals surface area contributed by atoms with Crippen molar-refractivity contribution in [3.8, 4) is 0 Å². The van der Waals surface area contributed by atoms with Crippen molar-refractivity contribution < 1.29 is 4.79 Å². The lowest BCUT2D eigenvalue weighted by Crippen LogP contribution is -2.49. The summed E-state index contributed by atoms with van der Waals surface area (Å²) in [5.74, 6) is 1.77. The maximum atomic E-state index is 12.7. The first kappa shape index (κ1) is 20.8. The van der Waals surface area contributed by atoms with Crippen molar-refractivity contribution >= 4 is 27.7 Å². The lowest BCUT2D eigenvalue weighted by Gasteiger charge is -2.35. The van der Waals surface area contributed by atoms with Crippen LogP contribution in [0.2, 0.25) is 0 Å². The number of piperazine rings is 1. The van der Waals surface area contributed by atoms with Gasteiger partial charge in [0.05, 0.1) is 5.69 Å². The van der Waals surface area contributed by atoms with Gasteiger partial charge in [-0.1, -0.05) is 13.8 Å². The van der Waals surface area contributed by atoms with Gasteiger partial charge in [0.1, 0.15) is 5.82 Å². The van der Waals surface area contributed by atoms with E-state index in [4.69, 9.17) is 0 Å². The van der Waals surface area contributed by atoms with Crippen LogP contribution in [0.3, 0.4) is 0 Å². The van der Waals surface area contributed by atoms with E-state index in [0.717, 1.165) is 55.1 Å². The minimum absolute atomic E-state index is 0.235. The van der Waals surface area contributed by atoms with Crippen LogP contribution in [-0.4, -0.2) is 51.8 Å². The summed E-state index contributed by atoms with van der Waals surface area (Å²) in [7, 11) is 0. The number of rotatable bonds is 6. The number of hydrogen-bond donors (Lipinski definition) is 0. The summed E-state index contributed by atoms with van der Waals surface area (Å²) in [6.45, 7) is 12.6. The van der Waals surface area contributed by atoms with Gasteiger partial charge >= 0.3 is 0 Å². The van der Waals surface area contributed by atoms with Gasteiger partial charge in [-0.05, 0) is 59.8 Å². The molecule has 1 amide bonds. The second kappa shape index (κ2) is 9.07. The Morgan fingerprint density at radius 2 is 1.89 bits per heavy atom. The molecule has 28 heavy (non-hydrogen) atoms. The number of hydrogen-bond acceptors (Lipinski definition) is 4. The number of anilines is 1. The van der Waals surface area contributed by atoms with Gasteiger partial charge in [-0.15, -0.1) is 0 Å². The molecular formula is C21H30BrN5O. The van der Waals surface area contributed by atoms with Crippen LogP contribution in [0.25, 0.3) is 0 Å². The quantitative estimate of drug-likeness (QED) is 0.678. The molecule has 2 aromatic rings. The minimum Gasteiger partial charge on any atom is -0.353 e. The zero-order valence-corrected chi connectivity index (χ0v) is 18.9. The van der Waals surface area contributed by atoms with Crippen LogP contribution in [0.4, 0.5) is 5.82 Å². The van der Waals surface area contributed by atoms with Crippen LogP contribution in [0.5, 0.6) is 0 Å². The molecule has 0 unspecified atom stereocenters. The summed E-state index contributed by atoms with van der Waals surface area (Å²) in [5, 5.41) is 4.67. The molecule has 1 aliphatic rings. The van der Waals surface area contributed by atoms with Gasteiger partial charge in [-0.25, -0.2) is 4.98 Å². The van der Waals surface area contributed by atoms with E-state index in [9.17, 15) is 4.79 Å². The summed E-state index contributed by atoms with van der Waals surface area (Å²) < 4.78 is 3.07. The third-order valence-corrected chi connectivity index (χ3v) is 5.80. The van der Waals surface area contributed by atoms with Crippen molar-refractivity contribution in [2.45, 2.75) is 47.1 Å². The van der Waals surface area contributed by atoms with Crippen LogP contribution < -0.4 is 4.90 Å². The molecule has 0 aromatic carbocycles. The molecule has 6 nitrogen and oxygen atoms in total. The standard InChI is InChI=1S/C21H30BrN5O/c1-15(2)14-27-17(4)19(16(3)24-27)6-8-21(28)26-11-9-25(10-12-26)20-7-5-18(22)13-23-20/h5,7,13,15H,6,8-12,14H2,1-4H3. The molecule has 152 valence electrons. The van der Waals surface area contributed by atoms with Crippen LogP contribution in [0, 0.1) is 19.8 Å². The largest absolute Gasteiger partial charge is 0.353 e. The molecule has 0 aliphatic carbocycles. The average Bonchev–Trinajstić information content (AvgIpc) is 2.93. The second-order valence-electron chi connectivity index (χ2n) is 7.93. The zero-order valence-electron chi connectivity index (χ0n) is 17.3. The van der Waals surface area contributed by atoms with Gasteiger partial charge in [0.2, 0.25) is 5.91 Å². The molecule has 0 atom stereocenters. The molecule has 0 saturated carbocycles. The predicted molar refractivity (Wildman–Crippen MR) is 116 cm³/mol. The molecule has 2 aromatic heterocycles. The van der Waals surface area contributed by atoms with Gasteiger partial charge in [0.25, 0.3) is 0 Å². The molecule has 0 spiro atoms. The van der Waals surface area contributed by atoms with Gasteiger partial charge in [-0.2, -0.15) is 5.10 Å². The normalized spacial score (nSPS) is 14.8. The Morgan fingerprint density at radius 3 is 2.50 bits per heavy atom. The molecular weight excluding hydrogens is 418 g/mol. The van der Waals surface area contributed by atoms with E-state index in [-0.39, 0.29) is 5.91 Å². The SMILES string of the molecule is Cc1nn(CC(C)C)c(C)c1CCC(=O)N1CCN(c2ccc(Br)cn2)CC1. The highest BCUT2D eigenvalue weighted by molar-refractivity contribution is 9.10. The zero-order chi connectivity index (χ0) is 20.3. The first-order valence-electron chi connectivity index (χ1n) is 10.0. The lowest BCUT2D eigenvalue weighted by atomic mass is 10.1. The number of pyridine rings is 1. The van der Waals surface area contributed by atoms with Crippen LogP contribution >= 0.6 is 15.9 Å². The highest BCUT2D eigenvalue weighted by Crippen LogP contribution is 2.19. The Bertz CT molecular complexity index is 807. The third kappa shape index (κ3) is 4.93. The molecule has 0 radical (unpaired) electrons. The average molecular weight is 448 g/mol. The number of aromatic nitrogens is 3.